The van der Waals surface area contributed by atoms with Crippen molar-refractivity contribution in [2.24, 2.45) is 0 Å². The zero-order valence-corrected chi connectivity index (χ0v) is 15.5. The third-order valence-corrected chi connectivity index (χ3v) is 5.00. The Morgan fingerprint density at radius 3 is 2.09 bits per heavy atom. The van der Waals surface area contributed by atoms with Crippen molar-refractivity contribution in [2.45, 2.75) is 33.1 Å². The van der Waals surface area contributed by atoms with Gasteiger partial charge in [0.15, 0.2) is 0 Å². The highest BCUT2D eigenvalue weighted by molar-refractivity contribution is 8.07. The maximum absolute atomic E-state index is 6.14. The summed E-state index contributed by atoms with van der Waals surface area (Å²) in [5, 5.41) is 0.778. The van der Waals surface area contributed by atoms with Gasteiger partial charge >= 0.3 is 0 Å². The van der Waals surface area contributed by atoms with Gasteiger partial charge in [-0.25, -0.2) is 0 Å². The molecule has 0 nitrogen and oxygen atoms in total. The van der Waals surface area contributed by atoms with Crippen molar-refractivity contribution in [1.29, 1.82) is 0 Å². The number of hydrogen-bond donors (Lipinski definition) is 0. The summed E-state index contributed by atoms with van der Waals surface area (Å²) in [5.41, 5.74) is 5.27. The molecular weight excluding hydrogens is 308 g/mol. The fourth-order valence-electron chi connectivity index (χ4n) is 2.47. The second-order valence-corrected chi connectivity index (χ2v) is 7.75. The maximum atomic E-state index is 6.14. The zero-order chi connectivity index (χ0) is 16.3. The third kappa shape index (κ3) is 3.97. The standard InChI is InChI=1S/C20H23ClS/c1-14(15-9-11-17(12-10-15)20(2,3)4)19(22-5)16-7-6-8-18(21)13-16/h6-13H,1-5H3/b19-14+. The van der Waals surface area contributed by atoms with Crippen LogP contribution in [0.15, 0.2) is 48.5 Å². The fourth-order valence-corrected chi connectivity index (χ4v) is 3.45. The van der Waals surface area contributed by atoms with Gasteiger partial charge in [-0.1, -0.05) is 68.8 Å². The summed E-state index contributed by atoms with van der Waals surface area (Å²) in [6, 6.07) is 17.0. The summed E-state index contributed by atoms with van der Waals surface area (Å²) in [4.78, 5) is 1.27. The lowest BCUT2D eigenvalue weighted by Crippen LogP contribution is -2.10. The molecule has 0 unspecified atom stereocenters. The van der Waals surface area contributed by atoms with Gasteiger partial charge in [0.25, 0.3) is 0 Å². The van der Waals surface area contributed by atoms with Crippen LogP contribution in [0, 0.1) is 0 Å². The fraction of sp³-hybridized carbons (Fsp3) is 0.300. The van der Waals surface area contributed by atoms with Crippen LogP contribution in [0.25, 0.3) is 10.5 Å². The lowest BCUT2D eigenvalue weighted by Gasteiger charge is -2.19. The van der Waals surface area contributed by atoms with Crippen LogP contribution in [0.5, 0.6) is 0 Å². The van der Waals surface area contributed by atoms with Crippen LogP contribution >= 0.6 is 23.4 Å². The average molecular weight is 331 g/mol. The normalized spacial score (nSPS) is 13.0. The highest BCUT2D eigenvalue weighted by Crippen LogP contribution is 2.35. The van der Waals surface area contributed by atoms with Crippen molar-refractivity contribution in [3.8, 4) is 0 Å². The summed E-state index contributed by atoms with van der Waals surface area (Å²) < 4.78 is 0. The van der Waals surface area contributed by atoms with E-state index in [1.54, 1.807) is 11.8 Å². The van der Waals surface area contributed by atoms with Gasteiger partial charge in [0.2, 0.25) is 0 Å². The Kier molecular flexibility index (Phi) is 5.41. The molecule has 0 atom stereocenters. The van der Waals surface area contributed by atoms with E-state index in [-0.39, 0.29) is 5.41 Å². The predicted molar refractivity (Wildman–Crippen MR) is 103 cm³/mol. The van der Waals surface area contributed by atoms with Crippen LogP contribution in [-0.2, 0) is 5.41 Å². The number of rotatable bonds is 3. The van der Waals surface area contributed by atoms with E-state index in [4.69, 9.17) is 11.6 Å². The van der Waals surface area contributed by atoms with Crippen molar-refractivity contribution >= 4 is 33.8 Å². The lowest BCUT2D eigenvalue weighted by molar-refractivity contribution is 0.590. The Bertz CT molecular complexity index is 676. The maximum Gasteiger partial charge on any atom is 0.0412 e. The van der Waals surface area contributed by atoms with E-state index in [0.29, 0.717) is 0 Å². The average Bonchev–Trinajstić information content (AvgIpc) is 2.47. The minimum atomic E-state index is 0.186. The Labute approximate surface area is 143 Å². The number of benzene rings is 2. The van der Waals surface area contributed by atoms with Crippen molar-refractivity contribution in [3.63, 3.8) is 0 Å². The summed E-state index contributed by atoms with van der Waals surface area (Å²) in [6.45, 7) is 8.90. The molecular formula is C20H23ClS. The summed E-state index contributed by atoms with van der Waals surface area (Å²) >= 11 is 7.90. The van der Waals surface area contributed by atoms with Gasteiger partial charge in [-0.3, -0.25) is 0 Å². The van der Waals surface area contributed by atoms with Gasteiger partial charge in [-0.2, -0.15) is 0 Å². The molecule has 2 aromatic rings. The molecule has 22 heavy (non-hydrogen) atoms. The van der Waals surface area contributed by atoms with Crippen molar-refractivity contribution < 1.29 is 0 Å². The van der Waals surface area contributed by atoms with E-state index in [0.717, 1.165) is 5.02 Å². The van der Waals surface area contributed by atoms with Crippen LogP contribution in [0.2, 0.25) is 5.02 Å². The van der Waals surface area contributed by atoms with Gasteiger partial charge in [-0.05, 0) is 53.0 Å². The van der Waals surface area contributed by atoms with E-state index in [1.165, 1.54) is 27.2 Å². The van der Waals surface area contributed by atoms with Crippen molar-refractivity contribution in [1.82, 2.24) is 0 Å². The Morgan fingerprint density at radius 1 is 0.955 bits per heavy atom. The zero-order valence-electron chi connectivity index (χ0n) is 13.9. The first kappa shape index (κ1) is 17.2. The van der Waals surface area contributed by atoms with Crippen LogP contribution in [-0.4, -0.2) is 6.26 Å². The molecule has 0 saturated heterocycles. The third-order valence-electron chi connectivity index (χ3n) is 3.82. The predicted octanol–water partition coefficient (Wildman–Crippen LogP) is 6.89. The molecule has 0 fully saturated rings. The molecule has 0 aromatic heterocycles. The van der Waals surface area contributed by atoms with Crippen LogP contribution in [0.1, 0.15) is 44.4 Å². The van der Waals surface area contributed by atoms with Crippen LogP contribution in [0.4, 0.5) is 0 Å². The molecule has 0 N–H and O–H groups in total. The second-order valence-electron chi connectivity index (χ2n) is 6.50. The number of halogens is 1. The van der Waals surface area contributed by atoms with Gasteiger partial charge in [0, 0.05) is 9.93 Å². The molecule has 2 rings (SSSR count). The molecule has 0 spiro atoms. The summed E-state index contributed by atoms with van der Waals surface area (Å²) in [5.74, 6) is 0. The minimum absolute atomic E-state index is 0.186. The largest absolute Gasteiger partial charge is 0.129 e. The first-order valence-electron chi connectivity index (χ1n) is 7.44. The van der Waals surface area contributed by atoms with E-state index >= 15 is 0 Å². The molecule has 2 aromatic carbocycles. The molecule has 0 aliphatic rings. The van der Waals surface area contributed by atoms with E-state index in [9.17, 15) is 0 Å². The quantitative estimate of drug-likeness (QED) is 0.552. The molecule has 0 bridgehead atoms. The van der Waals surface area contributed by atoms with Gasteiger partial charge in [0.05, 0.1) is 0 Å². The molecule has 0 amide bonds. The van der Waals surface area contributed by atoms with Crippen LogP contribution in [0.3, 0.4) is 0 Å². The molecule has 0 aliphatic heterocycles. The first-order chi connectivity index (χ1) is 10.3. The molecule has 0 heterocycles. The first-order valence-corrected chi connectivity index (χ1v) is 9.05. The highest BCUT2D eigenvalue weighted by atomic mass is 35.5. The van der Waals surface area contributed by atoms with Gasteiger partial charge < -0.3 is 0 Å². The summed E-state index contributed by atoms with van der Waals surface area (Å²) in [6.07, 6.45) is 2.11. The number of allylic oxidation sites excluding steroid dienone is 1. The smallest absolute Gasteiger partial charge is 0.0412 e. The molecule has 0 radical (unpaired) electrons. The Hall–Kier alpha value is -1.18. The Morgan fingerprint density at radius 2 is 1.59 bits per heavy atom. The van der Waals surface area contributed by atoms with Crippen molar-refractivity contribution in [3.05, 3.63) is 70.2 Å². The number of thioether (sulfide) groups is 1. The monoisotopic (exact) mass is 330 g/mol. The molecule has 2 heteroatoms. The topological polar surface area (TPSA) is 0 Å². The molecule has 0 saturated carbocycles. The summed E-state index contributed by atoms with van der Waals surface area (Å²) in [7, 11) is 0. The van der Waals surface area contributed by atoms with Crippen molar-refractivity contribution in [2.75, 3.05) is 6.26 Å². The van der Waals surface area contributed by atoms with E-state index < -0.39 is 0 Å². The lowest BCUT2D eigenvalue weighted by atomic mass is 9.86. The second kappa shape index (κ2) is 6.93. The molecule has 0 aliphatic carbocycles. The van der Waals surface area contributed by atoms with E-state index in [2.05, 4.69) is 64.3 Å². The van der Waals surface area contributed by atoms with Gasteiger partial charge in [0.1, 0.15) is 0 Å². The van der Waals surface area contributed by atoms with E-state index in [1.807, 2.05) is 18.2 Å². The minimum Gasteiger partial charge on any atom is -0.129 e. The molecule has 116 valence electrons. The van der Waals surface area contributed by atoms with Crippen LogP contribution < -0.4 is 0 Å². The van der Waals surface area contributed by atoms with Gasteiger partial charge in [-0.15, -0.1) is 11.8 Å². The Balaban J connectivity index is 2.44. The highest BCUT2D eigenvalue weighted by Gasteiger charge is 2.14. The number of hydrogen-bond acceptors (Lipinski definition) is 1. The SMILES string of the molecule is CS/C(=C(\C)c1ccc(C(C)(C)C)cc1)c1cccc(Cl)c1.